The van der Waals surface area contributed by atoms with Crippen LogP contribution in [0.4, 0.5) is 0 Å². The van der Waals surface area contributed by atoms with Crippen molar-refractivity contribution in [1.82, 2.24) is 4.98 Å². The maximum absolute atomic E-state index is 10.2. The fourth-order valence-corrected chi connectivity index (χ4v) is 2.01. The Morgan fingerprint density at radius 2 is 2.00 bits per heavy atom. The van der Waals surface area contributed by atoms with Crippen LogP contribution in [0.15, 0.2) is 36.5 Å². The van der Waals surface area contributed by atoms with Gasteiger partial charge in [-0.25, -0.2) is 0 Å². The summed E-state index contributed by atoms with van der Waals surface area (Å²) in [5.74, 6) is 0. The topological polar surface area (TPSA) is 33.1 Å². The third-order valence-electron chi connectivity index (χ3n) is 2.49. The Morgan fingerprint density at radius 1 is 1.24 bits per heavy atom. The Labute approximate surface area is 110 Å². The van der Waals surface area contributed by atoms with Crippen molar-refractivity contribution < 1.29 is 5.11 Å². The van der Waals surface area contributed by atoms with Gasteiger partial charge in [-0.3, -0.25) is 4.98 Å². The van der Waals surface area contributed by atoms with Gasteiger partial charge in [-0.05, 0) is 30.7 Å². The second-order valence-corrected chi connectivity index (χ2v) is 4.59. The van der Waals surface area contributed by atoms with Gasteiger partial charge in [0.2, 0.25) is 0 Å². The van der Waals surface area contributed by atoms with Gasteiger partial charge in [-0.1, -0.05) is 35.3 Å². The van der Waals surface area contributed by atoms with E-state index in [0.717, 1.165) is 5.56 Å². The van der Waals surface area contributed by atoms with Crippen molar-refractivity contribution in [3.05, 3.63) is 63.4 Å². The highest BCUT2D eigenvalue weighted by atomic mass is 35.5. The minimum atomic E-state index is -0.860. The molecule has 0 spiro atoms. The zero-order valence-corrected chi connectivity index (χ0v) is 10.7. The van der Waals surface area contributed by atoms with Gasteiger partial charge in [-0.2, -0.15) is 0 Å². The van der Waals surface area contributed by atoms with Gasteiger partial charge >= 0.3 is 0 Å². The van der Waals surface area contributed by atoms with E-state index < -0.39 is 6.10 Å². The molecule has 0 aliphatic carbocycles. The molecule has 1 unspecified atom stereocenters. The average molecular weight is 268 g/mol. The fraction of sp³-hybridized carbons (Fsp3) is 0.154. The minimum Gasteiger partial charge on any atom is -0.382 e. The molecule has 88 valence electrons. The lowest BCUT2D eigenvalue weighted by molar-refractivity contribution is 0.215. The standard InChI is InChI=1S/C13H11Cl2NO/c1-8-5-6-16-11(7-8)13(17)9-3-2-4-10(14)12(9)15/h2-7,13,17H,1H3. The van der Waals surface area contributed by atoms with Crippen molar-refractivity contribution in [1.29, 1.82) is 0 Å². The third kappa shape index (κ3) is 2.60. The van der Waals surface area contributed by atoms with Crippen LogP contribution in [-0.4, -0.2) is 10.1 Å². The number of aliphatic hydroxyl groups excluding tert-OH is 1. The molecule has 0 aliphatic rings. The quantitative estimate of drug-likeness (QED) is 0.899. The van der Waals surface area contributed by atoms with E-state index in [1.807, 2.05) is 19.1 Å². The van der Waals surface area contributed by atoms with E-state index in [1.54, 1.807) is 24.4 Å². The van der Waals surface area contributed by atoms with Gasteiger partial charge in [0, 0.05) is 11.8 Å². The highest BCUT2D eigenvalue weighted by Crippen LogP contribution is 2.32. The molecule has 2 nitrogen and oxygen atoms in total. The van der Waals surface area contributed by atoms with Crippen LogP contribution in [0.1, 0.15) is 22.9 Å². The molecule has 0 fully saturated rings. The Bertz CT molecular complexity index is 543. The molecule has 17 heavy (non-hydrogen) atoms. The molecule has 0 bridgehead atoms. The van der Waals surface area contributed by atoms with Crippen molar-refractivity contribution in [3.63, 3.8) is 0 Å². The average Bonchev–Trinajstić information content (AvgIpc) is 2.32. The van der Waals surface area contributed by atoms with Crippen molar-refractivity contribution in [3.8, 4) is 0 Å². The molecule has 2 aromatic rings. The number of aromatic nitrogens is 1. The molecule has 1 aromatic carbocycles. The summed E-state index contributed by atoms with van der Waals surface area (Å²) in [6, 6.07) is 8.87. The lowest BCUT2D eigenvalue weighted by atomic mass is 10.0. The summed E-state index contributed by atoms with van der Waals surface area (Å²) >= 11 is 12.0. The maximum atomic E-state index is 10.2. The first-order chi connectivity index (χ1) is 8.09. The number of hydrogen-bond donors (Lipinski definition) is 1. The van der Waals surface area contributed by atoms with Crippen molar-refractivity contribution in [2.75, 3.05) is 0 Å². The molecular weight excluding hydrogens is 257 g/mol. The molecule has 0 saturated heterocycles. The number of aryl methyl sites for hydroxylation is 1. The molecule has 0 amide bonds. The number of rotatable bonds is 2. The van der Waals surface area contributed by atoms with Gasteiger partial charge in [0.05, 0.1) is 15.7 Å². The molecule has 0 radical (unpaired) electrons. The first kappa shape index (κ1) is 12.4. The van der Waals surface area contributed by atoms with Crippen LogP contribution in [0.3, 0.4) is 0 Å². The van der Waals surface area contributed by atoms with Gasteiger partial charge in [0.15, 0.2) is 0 Å². The number of hydrogen-bond acceptors (Lipinski definition) is 2. The predicted octanol–water partition coefficient (Wildman–Crippen LogP) is 3.78. The van der Waals surface area contributed by atoms with Crippen molar-refractivity contribution in [2.24, 2.45) is 0 Å². The molecule has 2 rings (SSSR count). The summed E-state index contributed by atoms with van der Waals surface area (Å²) < 4.78 is 0. The lowest BCUT2D eigenvalue weighted by Gasteiger charge is -2.13. The fourth-order valence-electron chi connectivity index (χ4n) is 1.60. The van der Waals surface area contributed by atoms with E-state index in [4.69, 9.17) is 23.2 Å². The Morgan fingerprint density at radius 3 is 2.71 bits per heavy atom. The number of pyridine rings is 1. The van der Waals surface area contributed by atoms with E-state index in [1.165, 1.54) is 0 Å². The number of aliphatic hydroxyl groups is 1. The number of halogens is 2. The summed E-state index contributed by atoms with van der Waals surface area (Å²) in [6.07, 6.45) is 0.799. The van der Waals surface area contributed by atoms with E-state index in [-0.39, 0.29) is 0 Å². The monoisotopic (exact) mass is 267 g/mol. The Balaban J connectivity index is 2.44. The first-order valence-electron chi connectivity index (χ1n) is 5.14. The molecule has 1 atom stereocenters. The van der Waals surface area contributed by atoms with E-state index in [9.17, 15) is 5.11 Å². The maximum Gasteiger partial charge on any atom is 0.122 e. The third-order valence-corrected chi connectivity index (χ3v) is 3.33. The van der Waals surface area contributed by atoms with E-state index in [0.29, 0.717) is 21.3 Å². The Kier molecular flexibility index (Phi) is 3.67. The van der Waals surface area contributed by atoms with E-state index >= 15 is 0 Å². The molecule has 0 saturated carbocycles. The van der Waals surface area contributed by atoms with Crippen molar-refractivity contribution in [2.45, 2.75) is 13.0 Å². The molecule has 1 heterocycles. The molecule has 0 aliphatic heterocycles. The van der Waals surface area contributed by atoms with Crippen LogP contribution in [0, 0.1) is 6.92 Å². The SMILES string of the molecule is Cc1ccnc(C(O)c2cccc(Cl)c2Cl)c1. The largest absolute Gasteiger partial charge is 0.382 e. The lowest BCUT2D eigenvalue weighted by Crippen LogP contribution is -2.03. The van der Waals surface area contributed by atoms with Gasteiger partial charge in [-0.15, -0.1) is 0 Å². The van der Waals surface area contributed by atoms with Crippen LogP contribution in [0.5, 0.6) is 0 Å². The highest BCUT2D eigenvalue weighted by Gasteiger charge is 2.16. The van der Waals surface area contributed by atoms with Gasteiger partial charge < -0.3 is 5.11 Å². The first-order valence-corrected chi connectivity index (χ1v) is 5.89. The summed E-state index contributed by atoms with van der Waals surface area (Å²) in [7, 11) is 0. The highest BCUT2D eigenvalue weighted by molar-refractivity contribution is 6.42. The van der Waals surface area contributed by atoms with E-state index in [2.05, 4.69) is 4.98 Å². The summed E-state index contributed by atoms with van der Waals surface area (Å²) in [6.45, 7) is 1.94. The predicted molar refractivity (Wildman–Crippen MR) is 69.5 cm³/mol. The second-order valence-electron chi connectivity index (χ2n) is 3.80. The van der Waals surface area contributed by atoms with Crippen molar-refractivity contribution >= 4 is 23.2 Å². The normalized spacial score (nSPS) is 12.5. The minimum absolute atomic E-state index is 0.366. The number of benzene rings is 1. The van der Waals surface area contributed by atoms with Crippen LogP contribution in [-0.2, 0) is 0 Å². The smallest absolute Gasteiger partial charge is 0.122 e. The zero-order chi connectivity index (χ0) is 12.4. The molecular formula is C13H11Cl2NO. The Hall–Kier alpha value is -1.09. The summed E-state index contributed by atoms with van der Waals surface area (Å²) in [4.78, 5) is 4.13. The van der Waals surface area contributed by atoms with Crippen LogP contribution >= 0.6 is 23.2 Å². The van der Waals surface area contributed by atoms with Crippen LogP contribution in [0.2, 0.25) is 10.0 Å². The second kappa shape index (κ2) is 5.05. The molecule has 1 N–H and O–H groups in total. The van der Waals surface area contributed by atoms with Crippen LogP contribution in [0.25, 0.3) is 0 Å². The summed E-state index contributed by atoms with van der Waals surface area (Å²) in [5.41, 5.74) is 2.17. The molecule has 1 aromatic heterocycles. The molecule has 4 heteroatoms. The van der Waals surface area contributed by atoms with Gasteiger partial charge in [0.25, 0.3) is 0 Å². The zero-order valence-electron chi connectivity index (χ0n) is 9.19. The van der Waals surface area contributed by atoms with Gasteiger partial charge in [0.1, 0.15) is 6.10 Å². The number of nitrogens with zero attached hydrogens (tertiary/aromatic N) is 1. The van der Waals surface area contributed by atoms with Crippen LogP contribution < -0.4 is 0 Å². The summed E-state index contributed by atoms with van der Waals surface area (Å²) in [5, 5.41) is 11.0.